The molecule has 0 bridgehead atoms. The van der Waals surface area contributed by atoms with Gasteiger partial charge in [0.15, 0.2) is 6.10 Å². The summed E-state index contributed by atoms with van der Waals surface area (Å²) in [6.45, 7) is 6.54. The molecule has 0 aliphatic carbocycles. The molecule has 0 spiro atoms. The third kappa shape index (κ3) is 61.3. The van der Waals surface area contributed by atoms with Crippen LogP contribution in [-0.2, 0) is 28.6 Å². The van der Waals surface area contributed by atoms with Crippen LogP contribution >= 0.6 is 0 Å². The zero-order chi connectivity index (χ0) is 54.3. The van der Waals surface area contributed by atoms with Crippen molar-refractivity contribution < 1.29 is 28.6 Å². The molecule has 1 unspecified atom stereocenters. The third-order valence-corrected chi connectivity index (χ3v) is 13.9. The summed E-state index contributed by atoms with van der Waals surface area (Å²) < 4.78 is 16.9. The second kappa shape index (κ2) is 63.1. The van der Waals surface area contributed by atoms with Crippen LogP contribution in [-0.4, -0.2) is 37.2 Å². The van der Waals surface area contributed by atoms with E-state index in [1.807, 2.05) is 0 Å². The van der Waals surface area contributed by atoms with Crippen LogP contribution in [0.25, 0.3) is 0 Å². The van der Waals surface area contributed by atoms with E-state index in [9.17, 15) is 14.4 Å². The van der Waals surface area contributed by atoms with Crippen molar-refractivity contribution in [1.29, 1.82) is 0 Å². The number of hydrogen-bond donors (Lipinski definition) is 0. The summed E-state index contributed by atoms with van der Waals surface area (Å²) in [6, 6.07) is 0. The summed E-state index contributed by atoms with van der Waals surface area (Å²) in [5.74, 6) is -0.891. The van der Waals surface area contributed by atoms with Gasteiger partial charge in [-0.25, -0.2) is 0 Å². The first kappa shape index (κ1) is 71.6. The fourth-order valence-corrected chi connectivity index (χ4v) is 9.09. The van der Waals surface area contributed by atoms with Gasteiger partial charge in [0, 0.05) is 19.3 Å². The van der Waals surface area contributed by atoms with Crippen LogP contribution in [0.4, 0.5) is 0 Å². The molecule has 0 saturated heterocycles. The number of esters is 3. The summed E-state index contributed by atoms with van der Waals surface area (Å²) in [6.07, 6.45) is 82.9. The van der Waals surface area contributed by atoms with Crippen molar-refractivity contribution in [3.63, 3.8) is 0 Å². The zero-order valence-corrected chi connectivity index (χ0v) is 49.6. The van der Waals surface area contributed by atoms with Gasteiger partial charge in [0.25, 0.3) is 0 Å². The van der Waals surface area contributed by atoms with Gasteiger partial charge in [0.2, 0.25) is 0 Å². The van der Waals surface area contributed by atoms with E-state index >= 15 is 0 Å². The SMILES string of the molecule is CC/C=C\C/C=C\C/C=C\C/C=C\C/C=C\C/C=C\CCCCCCCCC(=O)OCC(COC(=O)CCCCCCC/C=C\CCCCCCCC)OC(=O)CCCCCCCCCCCCCCCCCCC. The largest absolute Gasteiger partial charge is 0.462 e. The predicted octanol–water partition coefficient (Wildman–Crippen LogP) is 21.9. The van der Waals surface area contributed by atoms with Gasteiger partial charge in [-0.3, -0.25) is 14.4 Å². The Morgan fingerprint density at radius 3 is 0.827 bits per heavy atom. The van der Waals surface area contributed by atoms with Gasteiger partial charge in [-0.1, -0.05) is 286 Å². The molecular weight excluding hydrogens is 925 g/mol. The molecule has 0 aromatic heterocycles. The van der Waals surface area contributed by atoms with Crippen LogP contribution in [0.3, 0.4) is 0 Å². The molecule has 6 nitrogen and oxygen atoms in total. The highest BCUT2D eigenvalue weighted by Crippen LogP contribution is 2.16. The lowest BCUT2D eigenvalue weighted by molar-refractivity contribution is -0.167. The van der Waals surface area contributed by atoms with Crippen molar-refractivity contribution in [2.24, 2.45) is 0 Å². The van der Waals surface area contributed by atoms with Crippen LogP contribution in [0.2, 0.25) is 0 Å². The van der Waals surface area contributed by atoms with Crippen molar-refractivity contribution in [3.05, 3.63) is 85.1 Å². The molecule has 0 aliphatic heterocycles. The Kier molecular flexibility index (Phi) is 60.3. The Hall–Kier alpha value is -3.41. The van der Waals surface area contributed by atoms with E-state index in [2.05, 4.69) is 106 Å². The maximum atomic E-state index is 12.9. The fourth-order valence-electron chi connectivity index (χ4n) is 9.09. The maximum Gasteiger partial charge on any atom is 0.306 e. The fraction of sp³-hybridized carbons (Fsp3) is 0.754. The maximum absolute atomic E-state index is 12.9. The Morgan fingerprint density at radius 1 is 0.280 bits per heavy atom. The topological polar surface area (TPSA) is 78.9 Å². The average molecular weight is 1050 g/mol. The highest BCUT2D eigenvalue weighted by molar-refractivity contribution is 5.71. The molecule has 0 aromatic rings. The molecule has 75 heavy (non-hydrogen) atoms. The minimum atomic E-state index is -0.786. The number of hydrogen-bond acceptors (Lipinski definition) is 6. The Labute approximate surface area is 465 Å². The quantitative estimate of drug-likeness (QED) is 0.0261. The Balaban J connectivity index is 4.37. The molecule has 0 rings (SSSR count). The summed E-state index contributed by atoms with van der Waals surface area (Å²) >= 11 is 0. The molecular formula is C69H120O6. The van der Waals surface area contributed by atoms with Crippen molar-refractivity contribution in [1.82, 2.24) is 0 Å². The Morgan fingerprint density at radius 2 is 0.520 bits per heavy atom. The van der Waals surface area contributed by atoms with Gasteiger partial charge in [-0.2, -0.15) is 0 Å². The smallest absolute Gasteiger partial charge is 0.306 e. The third-order valence-electron chi connectivity index (χ3n) is 13.9. The van der Waals surface area contributed by atoms with Crippen LogP contribution < -0.4 is 0 Å². The van der Waals surface area contributed by atoms with Gasteiger partial charge < -0.3 is 14.2 Å². The van der Waals surface area contributed by atoms with Gasteiger partial charge in [-0.15, -0.1) is 0 Å². The number of unbranched alkanes of at least 4 members (excludes halogenated alkanes) is 33. The molecule has 0 heterocycles. The molecule has 0 saturated carbocycles. The summed E-state index contributed by atoms with van der Waals surface area (Å²) in [5.41, 5.74) is 0. The monoisotopic (exact) mass is 1040 g/mol. The van der Waals surface area contributed by atoms with E-state index < -0.39 is 6.10 Å². The first-order valence-electron chi connectivity index (χ1n) is 32.1. The van der Waals surface area contributed by atoms with Crippen LogP contribution in [0.5, 0.6) is 0 Å². The summed E-state index contributed by atoms with van der Waals surface area (Å²) in [4.78, 5) is 38.3. The van der Waals surface area contributed by atoms with Crippen molar-refractivity contribution in [2.45, 2.75) is 322 Å². The number of allylic oxidation sites excluding steroid dienone is 14. The summed E-state index contributed by atoms with van der Waals surface area (Å²) in [7, 11) is 0. The second-order valence-corrected chi connectivity index (χ2v) is 21.3. The van der Waals surface area contributed by atoms with Gasteiger partial charge in [-0.05, 0) is 96.3 Å². The summed E-state index contributed by atoms with van der Waals surface area (Å²) in [5, 5.41) is 0. The number of carbonyl (C=O) groups excluding carboxylic acids is 3. The van der Waals surface area contributed by atoms with E-state index in [0.29, 0.717) is 19.3 Å². The van der Waals surface area contributed by atoms with Crippen LogP contribution in [0.1, 0.15) is 316 Å². The van der Waals surface area contributed by atoms with E-state index in [0.717, 1.165) is 116 Å². The molecule has 432 valence electrons. The normalized spacial score (nSPS) is 12.6. The van der Waals surface area contributed by atoms with Crippen molar-refractivity contribution in [3.8, 4) is 0 Å². The molecule has 6 heteroatoms. The minimum absolute atomic E-state index is 0.0828. The Bertz CT molecular complexity index is 1430. The first-order valence-corrected chi connectivity index (χ1v) is 32.1. The van der Waals surface area contributed by atoms with E-state index in [1.165, 1.54) is 161 Å². The van der Waals surface area contributed by atoms with Gasteiger partial charge in [0.05, 0.1) is 0 Å². The average Bonchev–Trinajstić information content (AvgIpc) is 3.41. The molecule has 0 aromatic carbocycles. The van der Waals surface area contributed by atoms with Crippen LogP contribution in [0.15, 0.2) is 85.1 Å². The van der Waals surface area contributed by atoms with Crippen LogP contribution in [0, 0.1) is 0 Å². The lowest BCUT2D eigenvalue weighted by Crippen LogP contribution is -2.30. The molecule has 1 atom stereocenters. The van der Waals surface area contributed by atoms with Gasteiger partial charge >= 0.3 is 17.9 Å². The zero-order valence-electron chi connectivity index (χ0n) is 49.6. The minimum Gasteiger partial charge on any atom is -0.462 e. The molecule has 0 N–H and O–H groups in total. The first-order chi connectivity index (χ1) is 37.0. The predicted molar refractivity (Wildman–Crippen MR) is 325 cm³/mol. The van der Waals surface area contributed by atoms with E-state index in [-0.39, 0.29) is 31.1 Å². The molecule has 0 aliphatic rings. The van der Waals surface area contributed by atoms with E-state index in [1.54, 1.807) is 0 Å². The van der Waals surface area contributed by atoms with Crippen molar-refractivity contribution in [2.75, 3.05) is 13.2 Å². The standard InChI is InChI=1S/C69H120O6/c1-4-7-10-13-16-19-22-25-28-30-31-32-33-34-35-36-37-39-41-44-47-50-53-56-59-62-68(71)74-65-66(64-73-67(70)61-58-55-52-49-46-43-40-27-24-21-18-15-12-9-6-3)75-69(72)63-60-57-54-51-48-45-42-38-29-26-23-20-17-14-11-8-5-2/h7,10,16,19,25,27-28,31-32,34-35,37,39-40,66H,4-6,8-9,11-15,17-18,20-24,26,29-30,33,36,38,41-65H2,1-3H3/b10-7-,19-16-,28-25-,32-31-,35-34-,39-37-,40-27-. The molecule has 0 amide bonds. The highest BCUT2D eigenvalue weighted by Gasteiger charge is 2.19. The lowest BCUT2D eigenvalue weighted by atomic mass is 10.0. The number of rotatable bonds is 58. The number of carbonyl (C=O) groups is 3. The molecule has 0 fully saturated rings. The van der Waals surface area contributed by atoms with E-state index in [4.69, 9.17) is 14.2 Å². The van der Waals surface area contributed by atoms with Gasteiger partial charge in [0.1, 0.15) is 13.2 Å². The lowest BCUT2D eigenvalue weighted by Gasteiger charge is -2.18. The highest BCUT2D eigenvalue weighted by atomic mass is 16.6. The number of ether oxygens (including phenoxy) is 3. The van der Waals surface area contributed by atoms with Crippen molar-refractivity contribution >= 4 is 17.9 Å². The second-order valence-electron chi connectivity index (χ2n) is 21.3. The molecule has 0 radical (unpaired) electrons.